The molecular formula is C16H16N4O2S. The average Bonchev–Trinajstić information content (AvgIpc) is 3.06. The molecule has 0 aliphatic rings. The maximum absolute atomic E-state index is 12.1. The molecule has 1 aromatic carbocycles. The fourth-order valence-electron chi connectivity index (χ4n) is 2.29. The molecule has 0 unspecified atom stereocenters. The minimum atomic E-state index is -0.251. The number of para-hydroxylation sites is 1. The number of nitrogens with zero attached hydrogens (tertiary/aromatic N) is 3. The van der Waals surface area contributed by atoms with Gasteiger partial charge in [-0.2, -0.15) is 5.10 Å². The predicted octanol–water partition coefficient (Wildman–Crippen LogP) is 3.00. The van der Waals surface area contributed by atoms with Gasteiger partial charge in [0, 0.05) is 13.1 Å². The van der Waals surface area contributed by atoms with Crippen molar-refractivity contribution in [3.63, 3.8) is 0 Å². The number of methoxy groups -OCH3 is 1. The number of hydrogen-bond donors (Lipinski definition) is 1. The van der Waals surface area contributed by atoms with Gasteiger partial charge in [-0.1, -0.05) is 12.1 Å². The number of nitrogens with one attached hydrogen (secondary N) is 1. The van der Waals surface area contributed by atoms with E-state index in [1.165, 1.54) is 6.08 Å². The normalized spacial score (nSPS) is 11.3. The summed E-state index contributed by atoms with van der Waals surface area (Å²) in [6, 6.07) is 7.87. The van der Waals surface area contributed by atoms with Crippen molar-refractivity contribution in [1.29, 1.82) is 0 Å². The van der Waals surface area contributed by atoms with Crippen LogP contribution in [-0.2, 0) is 11.8 Å². The molecule has 0 saturated heterocycles. The maximum Gasteiger partial charge on any atom is 0.248 e. The van der Waals surface area contributed by atoms with E-state index >= 15 is 0 Å². The molecule has 6 nitrogen and oxygen atoms in total. The molecule has 0 atom stereocenters. The van der Waals surface area contributed by atoms with Crippen molar-refractivity contribution in [2.45, 2.75) is 6.92 Å². The first kappa shape index (κ1) is 15.2. The van der Waals surface area contributed by atoms with E-state index in [0.29, 0.717) is 17.3 Å². The molecule has 1 N–H and O–H groups in total. The van der Waals surface area contributed by atoms with Gasteiger partial charge in [0.1, 0.15) is 10.7 Å². The number of thiazole rings is 1. The van der Waals surface area contributed by atoms with E-state index in [9.17, 15) is 4.79 Å². The Balaban J connectivity index is 1.76. The van der Waals surface area contributed by atoms with E-state index in [1.54, 1.807) is 36.3 Å². The van der Waals surface area contributed by atoms with Gasteiger partial charge in [0.25, 0.3) is 0 Å². The second-order valence-corrected chi connectivity index (χ2v) is 6.00. The van der Waals surface area contributed by atoms with Crippen molar-refractivity contribution in [2.75, 3.05) is 12.4 Å². The second-order valence-electron chi connectivity index (χ2n) is 4.94. The number of fused-ring (bicyclic) bond motifs is 1. The van der Waals surface area contributed by atoms with E-state index in [4.69, 9.17) is 4.74 Å². The molecule has 2 heterocycles. The van der Waals surface area contributed by atoms with Crippen LogP contribution in [0.5, 0.6) is 5.88 Å². The van der Waals surface area contributed by atoms with Crippen LogP contribution in [0.1, 0.15) is 10.7 Å². The first-order chi connectivity index (χ1) is 11.1. The van der Waals surface area contributed by atoms with E-state index in [-0.39, 0.29) is 5.91 Å². The number of hydrogen-bond acceptors (Lipinski definition) is 5. The summed E-state index contributed by atoms with van der Waals surface area (Å²) >= 11 is 1.54. The summed E-state index contributed by atoms with van der Waals surface area (Å²) < 4.78 is 7.93. The van der Waals surface area contributed by atoms with Crippen molar-refractivity contribution >= 4 is 39.2 Å². The van der Waals surface area contributed by atoms with Gasteiger partial charge in [0.05, 0.1) is 23.0 Å². The molecule has 0 fully saturated rings. The third kappa shape index (κ3) is 3.09. The van der Waals surface area contributed by atoms with Gasteiger partial charge in [-0.15, -0.1) is 11.3 Å². The molecule has 0 bridgehead atoms. The topological polar surface area (TPSA) is 69.0 Å². The quantitative estimate of drug-likeness (QED) is 0.748. The fourth-order valence-corrected chi connectivity index (χ4v) is 3.16. The number of benzene rings is 1. The Kier molecular flexibility index (Phi) is 4.12. The molecule has 118 valence electrons. The largest absolute Gasteiger partial charge is 0.480 e. The van der Waals surface area contributed by atoms with Gasteiger partial charge < -0.3 is 10.1 Å². The third-order valence-corrected chi connectivity index (χ3v) is 4.30. The molecule has 0 radical (unpaired) electrons. The first-order valence-corrected chi connectivity index (χ1v) is 7.82. The summed E-state index contributed by atoms with van der Waals surface area (Å²) in [5.41, 5.74) is 2.21. The predicted molar refractivity (Wildman–Crippen MR) is 91.8 cm³/mol. The molecule has 23 heavy (non-hydrogen) atoms. The highest BCUT2D eigenvalue weighted by Crippen LogP contribution is 2.27. The second kappa shape index (κ2) is 6.21. The van der Waals surface area contributed by atoms with E-state index < -0.39 is 0 Å². The number of carbonyl (C=O) groups excluding carboxylic acids is 1. The van der Waals surface area contributed by atoms with E-state index in [0.717, 1.165) is 15.2 Å². The zero-order valence-corrected chi connectivity index (χ0v) is 13.8. The average molecular weight is 328 g/mol. The Morgan fingerprint density at radius 2 is 2.17 bits per heavy atom. The van der Waals surface area contributed by atoms with Gasteiger partial charge in [-0.05, 0) is 25.1 Å². The van der Waals surface area contributed by atoms with E-state index in [1.807, 2.05) is 31.2 Å². The molecule has 7 heteroatoms. The molecule has 0 spiro atoms. The fraction of sp³-hybridized carbons (Fsp3) is 0.188. The van der Waals surface area contributed by atoms with Crippen molar-refractivity contribution in [2.24, 2.45) is 7.05 Å². The smallest absolute Gasteiger partial charge is 0.248 e. The summed E-state index contributed by atoms with van der Waals surface area (Å²) in [7, 11) is 3.31. The van der Waals surface area contributed by atoms with Crippen LogP contribution in [0.4, 0.5) is 5.69 Å². The summed E-state index contributed by atoms with van der Waals surface area (Å²) in [4.78, 5) is 16.6. The molecular weight excluding hydrogens is 312 g/mol. The first-order valence-electron chi connectivity index (χ1n) is 7.00. The van der Waals surface area contributed by atoms with Gasteiger partial charge >= 0.3 is 0 Å². The Hall–Kier alpha value is -2.67. The molecule has 0 saturated carbocycles. The SMILES string of the molecule is COc1c(NC(=O)C=Cc2nc3ccccc3s2)c(C)nn1C. The lowest BCUT2D eigenvalue weighted by atomic mass is 10.3. The van der Waals surface area contributed by atoms with Gasteiger partial charge in [0.2, 0.25) is 11.8 Å². The number of aryl methyl sites for hydroxylation is 2. The van der Waals surface area contributed by atoms with Gasteiger partial charge in [-0.25, -0.2) is 9.67 Å². The summed E-state index contributed by atoms with van der Waals surface area (Å²) in [5, 5.41) is 7.81. The highest BCUT2D eigenvalue weighted by molar-refractivity contribution is 7.19. The Labute approximate surface area is 137 Å². The number of rotatable bonds is 4. The molecule has 2 aromatic heterocycles. The zero-order valence-electron chi connectivity index (χ0n) is 13.0. The van der Waals surface area contributed by atoms with Crippen LogP contribution in [0.25, 0.3) is 16.3 Å². The molecule has 3 aromatic rings. The van der Waals surface area contributed by atoms with Crippen LogP contribution in [0, 0.1) is 6.92 Å². The van der Waals surface area contributed by atoms with Crippen molar-refractivity contribution in [3.8, 4) is 5.88 Å². The lowest BCUT2D eigenvalue weighted by Crippen LogP contribution is -2.09. The van der Waals surface area contributed by atoms with Crippen LogP contribution in [0.15, 0.2) is 30.3 Å². The highest BCUT2D eigenvalue weighted by atomic mass is 32.1. The summed E-state index contributed by atoms with van der Waals surface area (Å²) in [6.45, 7) is 1.81. The minimum absolute atomic E-state index is 0.251. The van der Waals surface area contributed by atoms with Crippen LogP contribution in [-0.4, -0.2) is 27.8 Å². The van der Waals surface area contributed by atoms with Crippen LogP contribution in [0.3, 0.4) is 0 Å². The number of anilines is 1. The maximum atomic E-state index is 12.1. The van der Waals surface area contributed by atoms with E-state index in [2.05, 4.69) is 15.4 Å². The molecule has 0 aliphatic carbocycles. The number of aromatic nitrogens is 3. The summed E-state index contributed by atoms with van der Waals surface area (Å²) in [6.07, 6.45) is 3.17. The van der Waals surface area contributed by atoms with Crippen LogP contribution < -0.4 is 10.1 Å². The van der Waals surface area contributed by atoms with Crippen molar-refractivity contribution in [1.82, 2.24) is 14.8 Å². The Bertz CT molecular complexity index is 862. The highest BCUT2D eigenvalue weighted by Gasteiger charge is 2.15. The Morgan fingerprint density at radius 1 is 1.39 bits per heavy atom. The lowest BCUT2D eigenvalue weighted by Gasteiger charge is -2.04. The zero-order chi connectivity index (χ0) is 16.4. The van der Waals surface area contributed by atoms with Gasteiger partial charge in [-0.3, -0.25) is 4.79 Å². The lowest BCUT2D eigenvalue weighted by molar-refractivity contribution is -0.111. The number of ether oxygens (including phenoxy) is 1. The standard InChI is InChI=1S/C16H16N4O2S/c1-10-15(16(22-3)20(2)19-10)18-13(21)8-9-14-17-11-6-4-5-7-12(11)23-14/h4-9H,1-3H3,(H,18,21). The number of carbonyl (C=O) groups is 1. The summed E-state index contributed by atoms with van der Waals surface area (Å²) in [5.74, 6) is 0.267. The molecule has 3 rings (SSSR count). The monoisotopic (exact) mass is 328 g/mol. The minimum Gasteiger partial charge on any atom is -0.480 e. The van der Waals surface area contributed by atoms with Crippen molar-refractivity contribution in [3.05, 3.63) is 41.0 Å². The third-order valence-electron chi connectivity index (χ3n) is 3.30. The number of amides is 1. The van der Waals surface area contributed by atoms with Crippen LogP contribution in [0.2, 0.25) is 0 Å². The Morgan fingerprint density at radius 3 is 2.91 bits per heavy atom. The van der Waals surface area contributed by atoms with Gasteiger partial charge in [0.15, 0.2) is 0 Å². The molecule has 1 amide bonds. The van der Waals surface area contributed by atoms with Crippen LogP contribution >= 0.6 is 11.3 Å². The molecule has 0 aliphatic heterocycles. The van der Waals surface area contributed by atoms with Crippen molar-refractivity contribution < 1.29 is 9.53 Å².